The number of hydrogen-bond donors (Lipinski definition) is 6. The van der Waals surface area contributed by atoms with Gasteiger partial charge >= 0.3 is 12.0 Å². The van der Waals surface area contributed by atoms with Gasteiger partial charge < -0.3 is 41.1 Å². The van der Waals surface area contributed by atoms with Crippen molar-refractivity contribution in [2.75, 3.05) is 50.9 Å². The van der Waals surface area contributed by atoms with Crippen LogP contribution in [0.25, 0.3) is 22.1 Å². The summed E-state index contributed by atoms with van der Waals surface area (Å²) in [6.45, 7) is 15.5. The first kappa shape index (κ1) is 44.3. The molecule has 14 nitrogen and oxygen atoms in total. The second-order valence-electron chi connectivity index (χ2n) is 15.6. The van der Waals surface area contributed by atoms with Gasteiger partial charge in [0.2, 0.25) is 0 Å². The largest absolute Gasteiger partial charge is 0.463 e. The van der Waals surface area contributed by atoms with Crippen LogP contribution in [-0.4, -0.2) is 89.3 Å². The standard InChI is InChI=1S/C46H64N10O4/c1-5-9-25-59-45-51-37-35(27-49-39(37)43(47)53-45)41(57)33-18-14-31(15-19-33)29-55(8-4)24-12-10-11-13-26-60-46-52-38-36(28-50-40(38)44(48)54-46)42(58)34-20-16-32(17-21-34)30-56(22-6-2)23-7-3/h14-21,27-28,41-42,49-50,57-58H,5-13,22-26,29-30H2,1-4H3,(H2,47,51,53)(H2,48,52,54). The van der Waals surface area contributed by atoms with E-state index in [1.807, 2.05) is 24.3 Å². The summed E-state index contributed by atoms with van der Waals surface area (Å²) in [4.78, 5) is 29.0. The Labute approximate surface area is 353 Å². The summed E-state index contributed by atoms with van der Waals surface area (Å²) < 4.78 is 11.7. The highest BCUT2D eigenvalue weighted by atomic mass is 16.5. The Morgan fingerprint density at radius 1 is 0.567 bits per heavy atom. The molecular formula is C46H64N10O4. The molecule has 0 aliphatic rings. The Bertz CT molecular complexity index is 2220. The average molecular weight is 821 g/mol. The van der Waals surface area contributed by atoms with Crippen molar-refractivity contribution >= 4 is 33.7 Å². The van der Waals surface area contributed by atoms with Crippen molar-refractivity contribution < 1.29 is 19.7 Å². The third-order valence-corrected chi connectivity index (χ3v) is 11.0. The SMILES string of the molecule is CCCCOc1nc(N)c2[nH]cc(C(O)c3ccc(CN(CC)CCCCCCOc4nc(N)c5[nH]cc(C(O)c6ccc(CN(CCC)CCC)cc6)c5n4)cc3)c2n1. The number of aromatic nitrogens is 6. The highest BCUT2D eigenvalue weighted by Crippen LogP contribution is 2.33. The smallest absolute Gasteiger partial charge is 0.319 e. The normalized spacial score (nSPS) is 12.9. The average Bonchev–Trinajstić information content (AvgIpc) is 3.89. The van der Waals surface area contributed by atoms with Gasteiger partial charge in [-0.2, -0.15) is 19.9 Å². The maximum atomic E-state index is 11.4. The molecule has 0 aliphatic carbocycles. The van der Waals surface area contributed by atoms with E-state index in [-0.39, 0.29) is 12.0 Å². The van der Waals surface area contributed by atoms with Gasteiger partial charge in [-0.3, -0.25) is 9.80 Å². The Hall–Kier alpha value is -5.28. The Morgan fingerprint density at radius 2 is 1.03 bits per heavy atom. The number of nitrogens with zero attached hydrogens (tertiary/aromatic N) is 6. The number of aliphatic hydroxyl groups excluding tert-OH is 2. The molecule has 2 unspecified atom stereocenters. The summed E-state index contributed by atoms with van der Waals surface area (Å²) in [6.07, 6.45) is 9.89. The fourth-order valence-corrected chi connectivity index (χ4v) is 7.60. The molecule has 60 heavy (non-hydrogen) atoms. The van der Waals surface area contributed by atoms with Gasteiger partial charge in [-0.05, 0) is 80.5 Å². The summed E-state index contributed by atoms with van der Waals surface area (Å²) in [6, 6.07) is 16.7. The fourth-order valence-electron chi connectivity index (χ4n) is 7.60. The van der Waals surface area contributed by atoms with Crippen molar-refractivity contribution in [2.45, 2.75) is 104 Å². The lowest BCUT2D eigenvalue weighted by atomic mass is 10.0. The quantitative estimate of drug-likeness (QED) is 0.0307. The number of rotatable bonds is 25. The van der Waals surface area contributed by atoms with Crippen LogP contribution < -0.4 is 20.9 Å². The number of fused-ring (bicyclic) bond motifs is 2. The number of hydrogen-bond acceptors (Lipinski definition) is 12. The van der Waals surface area contributed by atoms with Crippen molar-refractivity contribution in [3.63, 3.8) is 0 Å². The molecule has 2 aromatic carbocycles. The molecule has 14 heteroatoms. The van der Waals surface area contributed by atoms with Gasteiger partial charge in [0.25, 0.3) is 0 Å². The van der Waals surface area contributed by atoms with Gasteiger partial charge in [0, 0.05) is 36.6 Å². The first-order valence-electron chi connectivity index (χ1n) is 21.8. The minimum Gasteiger partial charge on any atom is -0.463 e. The zero-order valence-electron chi connectivity index (χ0n) is 35.8. The monoisotopic (exact) mass is 821 g/mol. The molecule has 0 saturated heterocycles. The first-order chi connectivity index (χ1) is 29.2. The van der Waals surface area contributed by atoms with E-state index >= 15 is 0 Å². The minimum absolute atomic E-state index is 0.215. The second-order valence-corrected chi connectivity index (χ2v) is 15.6. The van der Waals surface area contributed by atoms with Crippen LogP contribution in [-0.2, 0) is 13.1 Å². The van der Waals surface area contributed by atoms with Gasteiger partial charge in [-0.15, -0.1) is 0 Å². The molecule has 8 N–H and O–H groups in total. The summed E-state index contributed by atoms with van der Waals surface area (Å²) in [5, 5.41) is 22.7. The minimum atomic E-state index is -0.881. The molecule has 4 aromatic heterocycles. The number of nitrogens with one attached hydrogen (secondary N) is 2. The van der Waals surface area contributed by atoms with E-state index in [4.69, 9.17) is 20.9 Å². The van der Waals surface area contributed by atoms with Crippen LogP contribution in [0.3, 0.4) is 0 Å². The van der Waals surface area contributed by atoms with E-state index in [0.717, 1.165) is 102 Å². The fraction of sp³-hybridized carbons (Fsp3) is 0.478. The summed E-state index contributed by atoms with van der Waals surface area (Å²) in [5.41, 5.74) is 20.0. The topological polar surface area (TPSA) is 201 Å². The molecule has 0 amide bonds. The molecule has 0 radical (unpaired) electrons. The zero-order chi connectivity index (χ0) is 42.4. The zero-order valence-corrected chi connectivity index (χ0v) is 35.8. The molecule has 322 valence electrons. The molecule has 6 rings (SSSR count). The summed E-state index contributed by atoms with van der Waals surface area (Å²) >= 11 is 0. The summed E-state index contributed by atoms with van der Waals surface area (Å²) in [5.74, 6) is 0.582. The third kappa shape index (κ3) is 11.3. The number of aromatic amines is 2. The van der Waals surface area contributed by atoms with Crippen LogP contribution in [0.5, 0.6) is 12.0 Å². The number of nitrogens with two attached hydrogens (primary N) is 2. The molecule has 2 atom stereocenters. The first-order valence-corrected chi connectivity index (χ1v) is 21.8. The van der Waals surface area contributed by atoms with Crippen molar-refractivity contribution in [1.29, 1.82) is 0 Å². The Morgan fingerprint density at radius 3 is 1.50 bits per heavy atom. The van der Waals surface area contributed by atoms with Gasteiger partial charge in [0.15, 0.2) is 11.6 Å². The van der Waals surface area contributed by atoms with Gasteiger partial charge in [0.05, 0.1) is 13.2 Å². The molecule has 0 fully saturated rings. The molecule has 4 heterocycles. The Balaban J connectivity index is 0.945. The van der Waals surface area contributed by atoms with E-state index in [1.165, 1.54) is 11.1 Å². The molecule has 6 aromatic rings. The predicted octanol–water partition coefficient (Wildman–Crippen LogP) is 7.82. The van der Waals surface area contributed by atoms with Crippen LogP contribution in [0.2, 0.25) is 0 Å². The van der Waals surface area contributed by atoms with Crippen LogP contribution >= 0.6 is 0 Å². The number of ether oxygens (including phenoxy) is 2. The number of aliphatic hydroxyl groups is 2. The highest BCUT2D eigenvalue weighted by molar-refractivity contribution is 5.89. The molecule has 0 saturated carbocycles. The third-order valence-electron chi connectivity index (χ3n) is 11.0. The van der Waals surface area contributed by atoms with Crippen LogP contribution in [0.15, 0.2) is 60.9 Å². The number of anilines is 2. The van der Waals surface area contributed by atoms with Crippen molar-refractivity contribution in [3.05, 3.63) is 94.3 Å². The number of unbranched alkanes of at least 4 members (excludes halogenated alkanes) is 4. The lowest BCUT2D eigenvalue weighted by Gasteiger charge is -2.21. The van der Waals surface area contributed by atoms with E-state index in [2.05, 4.69) is 91.7 Å². The van der Waals surface area contributed by atoms with Gasteiger partial charge in [-0.1, -0.05) is 95.5 Å². The number of benzene rings is 2. The van der Waals surface area contributed by atoms with E-state index < -0.39 is 12.2 Å². The van der Waals surface area contributed by atoms with Crippen LogP contribution in [0, 0.1) is 0 Å². The summed E-state index contributed by atoms with van der Waals surface area (Å²) in [7, 11) is 0. The maximum Gasteiger partial charge on any atom is 0.319 e. The van der Waals surface area contributed by atoms with Crippen LogP contribution in [0.1, 0.15) is 125 Å². The maximum absolute atomic E-state index is 11.4. The predicted molar refractivity (Wildman–Crippen MR) is 239 cm³/mol. The highest BCUT2D eigenvalue weighted by Gasteiger charge is 2.21. The van der Waals surface area contributed by atoms with Crippen molar-refractivity contribution in [2.24, 2.45) is 0 Å². The molecular weight excluding hydrogens is 757 g/mol. The molecule has 0 spiro atoms. The number of H-pyrrole nitrogens is 2. The molecule has 0 aliphatic heterocycles. The lowest BCUT2D eigenvalue weighted by Crippen LogP contribution is -2.24. The lowest BCUT2D eigenvalue weighted by molar-refractivity contribution is 0.221. The molecule has 0 bridgehead atoms. The van der Waals surface area contributed by atoms with E-state index in [0.29, 0.717) is 58.0 Å². The number of nitrogen functional groups attached to an aromatic ring is 2. The second kappa shape index (κ2) is 21.8. The van der Waals surface area contributed by atoms with Crippen molar-refractivity contribution in [1.82, 2.24) is 39.7 Å². The van der Waals surface area contributed by atoms with E-state index in [9.17, 15) is 10.2 Å². The van der Waals surface area contributed by atoms with Gasteiger partial charge in [0.1, 0.15) is 34.3 Å². The van der Waals surface area contributed by atoms with Gasteiger partial charge in [-0.25, -0.2) is 0 Å². The van der Waals surface area contributed by atoms with Crippen molar-refractivity contribution in [3.8, 4) is 12.0 Å². The van der Waals surface area contributed by atoms with Crippen LogP contribution in [0.4, 0.5) is 11.6 Å². The van der Waals surface area contributed by atoms with E-state index in [1.54, 1.807) is 12.4 Å². The Kier molecular flexibility index (Phi) is 16.1.